The molecule has 1 aliphatic heterocycles. The number of hydrazine groups is 1. The van der Waals surface area contributed by atoms with Crippen molar-refractivity contribution in [3.05, 3.63) is 71.0 Å². The minimum Gasteiger partial charge on any atom is -0.462 e. The number of hydrogen-bond donors (Lipinski definition) is 2. The van der Waals surface area contributed by atoms with Crippen LogP contribution in [0.25, 0.3) is 16.8 Å². The summed E-state index contributed by atoms with van der Waals surface area (Å²) in [5, 5.41) is 4.56. The maximum Gasteiger partial charge on any atom is 0.340 e. The Morgan fingerprint density at radius 2 is 1.94 bits per heavy atom. The summed E-state index contributed by atoms with van der Waals surface area (Å²) in [5.41, 5.74) is 10.3. The number of carbonyl (C=O) groups excluding carboxylic acids is 3. The van der Waals surface area contributed by atoms with Gasteiger partial charge < -0.3 is 4.74 Å². The fourth-order valence-corrected chi connectivity index (χ4v) is 4.21. The lowest BCUT2D eigenvalue weighted by Crippen LogP contribution is -2.27. The molecule has 0 spiro atoms. The number of aromatic nitrogens is 2. The summed E-state index contributed by atoms with van der Waals surface area (Å²) < 4.78 is 7.14. The van der Waals surface area contributed by atoms with Gasteiger partial charge in [0.2, 0.25) is 5.78 Å². The first-order valence-electron chi connectivity index (χ1n) is 11.5. The van der Waals surface area contributed by atoms with Gasteiger partial charge in [-0.2, -0.15) is 5.10 Å². The molecule has 0 aliphatic carbocycles. The smallest absolute Gasteiger partial charge is 0.340 e. The number of benzene rings is 2. The van der Waals surface area contributed by atoms with E-state index in [1.807, 2.05) is 49.5 Å². The van der Waals surface area contributed by atoms with Gasteiger partial charge >= 0.3 is 11.9 Å². The average Bonchev–Trinajstić information content (AvgIpc) is 3.42. The van der Waals surface area contributed by atoms with Crippen molar-refractivity contribution in [2.75, 3.05) is 6.61 Å². The molecule has 1 amide bonds. The number of hydrogen-bond acceptors (Lipinski definition) is 6. The molecule has 1 aromatic heterocycles. The summed E-state index contributed by atoms with van der Waals surface area (Å²) in [5.74, 6) is -1.65. The van der Waals surface area contributed by atoms with E-state index in [-0.39, 0.29) is 6.61 Å². The Labute approximate surface area is 198 Å². The zero-order chi connectivity index (χ0) is 24.2. The van der Waals surface area contributed by atoms with Crippen molar-refractivity contribution in [1.82, 2.24) is 20.6 Å². The van der Waals surface area contributed by atoms with E-state index in [1.54, 1.807) is 17.7 Å². The number of Topliss-reactive ketones (excluding diaryl/α,β-unsaturated/α-hetero) is 1. The highest BCUT2D eigenvalue weighted by atomic mass is 16.5. The van der Waals surface area contributed by atoms with Crippen LogP contribution < -0.4 is 10.9 Å². The summed E-state index contributed by atoms with van der Waals surface area (Å²) in [6, 6.07) is 12.3. The fraction of sp³-hybridized carbons (Fsp3) is 0.308. The third kappa shape index (κ3) is 4.49. The van der Waals surface area contributed by atoms with Crippen molar-refractivity contribution in [3.63, 3.8) is 0 Å². The highest BCUT2D eigenvalue weighted by Gasteiger charge is 2.35. The molecule has 2 aromatic carbocycles. The molecule has 34 heavy (non-hydrogen) atoms. The van der Waals surface area contributed by atoms with Crippen LogP contribution in [0.5, 0.6) is 0 Å². The van der Waals surface area contributed by atoms with Gasteiger partial charge in [0, 0.05) is 6.20 Å². The van der Waals surface area contributed by atoms with Crippen LogP contribution in [0, 0.1) is 6.92 Å². The molecule has 1 saturated heterocycles. The topological polar surface area (TPSA) is 102 Å². The quantitative estimate of drug-likeness (QED) is 0.393. The third-order valence-electron chi connectivity index (χ3n) is 5.83. The molecule has 0 radical (unpaired) electrons. The molecular weight excluding hydrogens is 432 g/mol. The number of ether oxygens (including phenoxy) is 1. The number of nitrogens with zero attached hydrogens (tertiary/aromatic N) is 2. The molecule has 1 fully saturated rings. The molecule has 1 aliphatic rings. The van der Waals surface area contributed by atoms with Crippen LogP contribution in [-0.2, 0) is 20.7 Å². The second-order valence-corrected chi connectivity index (χ2v) is 8.24. The molecule has 2 heterocycles. The molecule has 1 atom stereocenters. The van der Waals surface area contributed by atoms with Crippen molar-refractivity contribution < 1.29 is 19.1 Å². The first-order valence-corrected chi connectivity index (χ1v) is 11.5. The van der Waals surface area contributed by atoms with E-state index in [1.165, 1.54) is 0 Å². The maximum atomic E-state index is 13.1. The number of amides is 1. The molecule has 0 bridgehead atoms. The molecular formula is C26H28N4O4. The van der Waals surface area contributed by atoms with Gasteiger partial charge in [0.05, 0.1) is 23.6 Å². The Morgan fingerprint density at radius 3 is 2.59 bits per heavy atom. The van der Waals surface area contributed by atoms with Crippen molar-refractivity contribution in [2.24, 2.45) is 0 Å². The molecule has 3 aromatic rings. The number of ketones is 1. The number of carbonyl (C=O) groups is 3. The van der Waals surface area contributed by atoms with Crippen molar-refractivity contribution >= 4 is 17.7 Å². The van der Waals surface area contributed by atoms with Crippen LogP contribution in [0.15, 0.2) is 48.7 Å². The molecule has 0 saturated carbocycles. The Morgan fingerprint density at radius 1 is 1.15 bits per heavy atom. The average molecular weight is 461 g/mol. The first kappa shape index (κ1) is 23.4. The van der Waals surface area contributed by atoms with Crippen LogP contribution in [0.4, 0.5) is 0 Å². The van der Waals surface area contributed by atoms with Crippen LogP contribution >= 0.6 is 0 Å². The molecule has 2 N–H and O–H groups in total. The Kier molecular flexibility index (Phi) is 6.88. The van der Waals surface area contributed by atoms with E-state index < -0.39 is 23.7 Å². The lowest BCUT2D eigenvalue weighted by Gasteiger charge is -2.19. The van der Waals surface area contributed by atoms with E-state index >= 15 is 0 Å². The number of esters is 1. The van der Waals surface area contributed by atoms with E-state index in [0.29, 0.717) is 16.8 Å². The van der Waals surface area contributed by atoms with Gasteiger partial charge in [-0.1, -0.05) is 37.6 Å². The number of nitrogens with one attached hydrogen (secondary N) is 2. The number of rotatable bonds is 8. The molecule has 176 valence electrons. The monoisotopic (exact) mass is 460 g/mol. The minimum absolute atomic E-state index is 0.246. The van der Waals surface area contributed by atoms with Crippen molar-refractivity contribution in [2.45, 2.75) is 46.1 Å². The lowest BCUT2D eigenvalue weighted by molar-refractivity contribution is -0.135. The summed E-state index contributed by atoms with van der Waals surface area (Å²) in [6.07, 6.45) is 4.51. The lowest BCUT2D eigenvalue weighted by atomic mass is 9.90. The van der Waals surface area contributed by atoms with Gasteiger partial charge in [-0.3, -0.25) is 15.0 Å². The SMILES string of the molecule is CCCCc1cc(-c2ccccc2C2NNC(=O)C2=O)cc(C(=O)OCC)c1-n1ccc(C)n1. The normalized spacial score (nSPS) is 15.4. The Bertz CT molecular complexity index is 1250. The van der Waals surface area contributed by atoms with Crippen molar-refractivity contribution in [1.29, 1.82) is 0 Å². The number of aryl methyl sites for hydroxylation is 2. The highest BCUT2D eigenvalue weighted by Crippen LogP contribution is 2.34. The maximum absolute atomic E-state index is 13.1. The van der Waals surface area contributed by atoms with Gasteiger partial charge in [0.1, 0.15) is 6.04 Å². The van der Waals surface area contributed by atoms with Gasteiger partial charge in [0.15, 0.2) is 0 Å². The van der Waals surface area contributed by atoms with Crippen LogP contribution in [0.2, 0.25) is 0 Å². The van der Waals surface area contributed by atoms with Gasteiger partial charge in [-0.25, -0.2) is 14.9 Å². The summed E-state index contributed by atoms with van der Waals surface area (Å²) in [7, 11) is 0. The Hall–Kier alpha value is -3.78. The van der Waals surface area contributed by atoms with Crippen LogP contribution in [-0.4, -0.2) is 34.0 Å². The second-order valence-electron chi connectivity index (χ2n) is 8.24. The zero-order valence-corrected chi connectivity index (χ0v) is 19.6. The zero-order valence-electron chi connectivity index (χ0n) is 19.6. The predicted molar refractivity (Wildman–Crippen MR) is 127 cm³/mol. The molecule has 4 rings (SSSR count). The highest BCUT2D eigenvalue weighted by molar-refractivity contribution is 6.39. The van der Waals surface area contributed by atoms with Crippen LogP contribution in [0.3, 0.4) is 0 Å². The van der Waals surface area contributed by atoms with E-state index in [2.05, 4.69) is 22.9 Å². The largest absolute Gasteiger partial charge is 0.462 e. The molecule has 8 heteroatoms. The van der Waals surface area contributed by atoms with Gasteiger partial charge in [0.25, 0.3) is 0 Å². The first-order chi connectivity index (χ1) is 16.4. The second kappa shape index (κ2) is 10.0. The van der Waals surface area contributed by atoms with E-state index in [4.69, 9.17) is 4.74 Å². The third-order valence-corrected chi connectivity index (χ3v) is 5.83. The Balaban J connectivity index is 1.93. The van der Waals surface area contributed by atoms with Crippen LogP contribution in [0.1, 0.15) is 59.9 Å². The number of unbranched alkanes of at least 4 members (excludes halogenated alkanes) is 1. The van der Waals surface area contributed by atoms with Crippen molar-refractivity contribution in [3.8, 4) is 16.8 Å². The van der Waals surface area contributed by atoms with E-state index in [0.717, 1.165) is 41.6 Å². The van der Waals surface area contributed by atoms with Gasteiger partial charge in [-0.05, 0) is 67.1 Å². The standard InChI is InChI=1S/C26H28N4O4/c1-4-6-9-17-14-18(19-10-7-8-11-20(19)22-24(31)25(32)28-27-22)15-21(26(33)34-5-2)23(17)30-13-12-16(3)29-30/h7-8,10-15,22,27H,4-6,9H2,1-3H3,(H,28,32). The molecule has 8 nitrogen and oxygen atoms in total. The summed E-state index contributed by atoms with van der Waals surface area (Å²) in [6.45, 7) is 6.03. The summed E-state index contributed by atoms with van der Waals surface area (Å²) in [4.78, 5) is 37.3. The van der Waals surface area contributed by atoms with Gasteiger partial charge in [-0.15, -0.1) is 0 Å². The fourth-order valence-electron chi connectivity index (χ4n) is 4.21. The predicted octanol–water partition coefficient (Wildman–Crippen LogP) is 3.61. The van der Waals surface area contributed by atoms with E-state index in [9.17, 15) is 14.4 Å². The molecule has 1 unspecified atom stereocenters. The minimum atomic E-state index is -0.803. The summed E-state index contributed by atoms with van der Waals surface area (Å²) >= 11 is 0.